The number of aromatic nitrogens is 1. The zero-order valence-electron chi connectivity index (χ0n) is 13.2. The second kappa shape index (κ2) is 6.78. The molecule has 0 spiro atoms. The Morgan fingerprint density at radius 3 is 2.33 bits per heavy atom. The van der Waals surface area contributed by atoms with Crippen LogP contribution < -0.4 is 9.88 Å². The van der Waals surface area contributed by atoms with Crippen LogP contribution in [0.3, 0.4) is 0 Å². The lowest BCUT2D eigenvalue weighted by atomic mass is 9.95. The van der Waals surface area contributed by atoms with Gasteiger partial charge in [-0.1, -0.05) is 11.6 Å². The first-order chi connectivity index (χ1) is 11.4. The molecule has 8 heteroatoms. The molecule has 2 saturated heterocycles. The summed E-state index contributed by atoms with van der Waals surface area (Å²) >= 11 is 6.02. The summed E-state index contributed by atoms with van der Waals surface area (Å²) in [7, 11) is 0. The molecule has 2 fully saturated rings. The van der Waals surface area contributed by atoms with E-state index in [2.05, 4.69) is 4.98 Å². The minimum atomic E-state index is -4.42. The van der Waals surface area contributed by atoms with Crippen molar-refractivity contribution in [2.45, 2.75) is 31.9 Å². The number of piperidine rings is 1. The van der Waals surface area contributed by atoms with Gasteiger partial charge in [0.15, 0.2) is 0 Å². The zero-order chi connectivity index (χ0) is 17.3. The second-order valence-electron chi connectivity index (χ2n) is 6.38. The van der Waals surface area contributed by atoms with Gasteiger partial charge in [0.2, 0.25) is 5.91 Å². The van der Waals surface area contributed by atoms with Crippen molar-refractivity contribution < 1.29 is 22.9 Å². The number of likely N-dealkylation sites (tertiary alicyclic amines) is 1. The number of carbonyl (C=O) groups excluding carboxylic acids is 1. The van der Waals surface area contributed by atoms with Crippen molar-refractivity contribution in [1.29, 1.82) is 0 Å². The van der Waals surface area contributed by atoms with Gasteiger partial charge in [-0.2, -0.15) is 13.2 Å². The number of alkyl halides is 3. The van der Waals surface area contributed by atoms with Gasteiger partial charge in [0.1, 0.15) is 11.2 Å². The number of nitrogens with zero attached hydrogens (tertiary/aromatic N) is 2. The minimum absolute atomic E-state index is 0.00701. The Morgan fingerprint density at radius 2 is 1.79 bits per heavy atom. The molecular formula is C16H20ClF3N3O+. The van der Waals surface area contributed by atoms with Gasteiger partial charge in [-0.05, 0) is 31.7 Å². The van der Waals surface area contributed by atoms with E-state index >= 15 is 0 Å². The number of carbonyl (C=O) groups is 1. The van der Waals surface area contributed by atoms with Crippen molar-refractivity contribution in [1.82, 2.24) is 4.90 Å². The van der Waals surface area contributed by atoms with Crippen molar-refractivity contribution in [3.63, 3.8) is 0 Å². The third-order valence-electron chi connectivity index (χ3n) is 4.78. The number of amides is 1. The Balaban J connectivity index is 1.63. The van der Waals surface area contributed by atoms with E-state index in [0.29, 0.717) is 31.7 Å². The number of H-pyrrole nitrogens is 1. The Bertz CT molecular complexity index is 609. The number of anilines is 1. The third-order valence-corrected chi connectivity index (χ3v) is 5.07. The number of rotatable bonds is 2. The Kier molecular flexibility index (Phi) is 4.90. The van der Waals surface area contributed by atoms with E-state index in [1.807, 2.05) is 9.80 Å². The highest BCUT2D eigenvalue weighted by Gasteiger charge is 2.36. The lowest BCUT2D eigenvalue weighted by Crippen LogP contribution is -2.43. The molecule has 1 aromatic rings. The molecule has 3 rings (SSSR count). The van der Waals surface area contributed by atoms with Crippen LogP contribution >= 0.6 is 11.6 Å². The molecule has 1 N–H and O–H groups in total. The Hall–Kier alpha value is -1.50. The summed E-state index contributed by atoms with van der Waals surface area (Å²) in [6, 6.07) is 0.939. The van der Waals surface area contributed by atoms with Gasteiger partial charge in [0.25, 0.3) is 5.82 Å². The summed E-state index contributed by atoms with van der Waals surface area (Å²) in [5.74, 6) is 0.707. The molecule has 3 heterocycles. The van der Waals surface area contributed by atoms with Gasteiger partial charge < -0.3 is 4.90 Å². The van der Waals surface area contributed by atoms with E-state index in [0.717, 1.165) is 38.2 Å². The highest BCUT2D eigenvalue weighted by molar-refractivity contribution is 6.32. The number of pyridine rings is 1. The van der Waals surface area contributed by atoms with Gasteiger partial charge in [0.05, 0.1) is 18.7 Å². The zero-order valence-corrected chi connectivity index (χ0v) is 14.0. The second-order valence-corrected chi connectivity index (χ2v) is 6.78. The Morgan fingerprint density at radius 1 is 1.17 bits per heavy atom. The van der Waals surface area contributed by atoms with Gasteiger partial charge in [-0.25, -0.2) is 4.98 Å². The molecule has 0 unspecified atom stereocenters. The first kappa shape index (κ1) is 17.3. The van der Waals surface area contributed by atoms with Crippen LogP contribution in [0.15, 0.2) is 12.3 Å². The molecule has 4 nitrogen and oxygen atoms in total. The normalized spacial score (nSPS) is 19.8. The van der Waals surface area contributed by atoms with E-state index in [1.165, 1.54) is 0 Å². The molecule has 24 heavy (non-hydrogen) atoms. The number of aromatic amines is 1. The van der Waals surface area contributed by atoms with Crippen molar-refractivity contribution in [2.75, 3.05) is 31.1 Å². The van der Waals surface area contributed by atoms with Crippen molar-refractivity contribution in [2.24, 2.45) is 5.92 Å². The predicted octanol–water partition coefficient (Wildman–Crippen LogP) is 3.01. The standard InChI is InChI=1S/C16H19ClF3N3O/c17-13-9-12(16(18,19)20)10-21-14(13)22-7-3-11(4-8-22)15(24)23-5-1-2-6-23/h9-11H,1-8H2/p+1. The summed E-state index contributed by atoms with van der Waals surface area (Å²) in [5.41, 5.74) is -0.796. The maximum Gasteiger partial charge on any atom is 0.419 e. The van der Waals surface area contributed by atoms with Gasteiger partial charge >= 0.3 is 6.18 Å². The fourth-order valence-electron chi connectivity index (χ4n) is 3.41. The molecule has 0 aliphatic carbocycles. The molecule has 0 radical (unpaired) electrons. The first-order valence-electron chi connectivity index (χ1n) is 8.18. The highest BCUT2D eigenvalue weighted by Crippen LogP contribution is 2.33. The quantitative estimate of drug-likeness (QED) is 0.811. The fourth-order valence-corrected chi connectivity index (χ4v) is 3.70. The average Bonchev–Trinajstić information content (AvgIpc) is 3.08. The first-order valence-corrected chi connectivity index (χ1v) is 8.56. The molecule has 0 bridgehead atoms. The van der Waals surface area contributed by atoms with Crippen molar-refractivity contribution >= 4 is 23.3 Å². The molecular weight excluding hydrogens is 343 g/mol. The molecule has 2 aliphatic heterocycles. The van der Waals surface area contributed by atoms with Crippen LogP contribution in [0.5, 0.6) is 0 Å². The van der Waals surface area contributed by atoms with E-state index in [4.69, 9.17) is 11.6 Å². The smallest absolute Gasteiger partial charge is 0.342 e. The van der Waals surface area contributed by atoms with Gasteiger partial charge in [-0.3, -0.25) is 9.69 Å². The summed E-state index contributed by atoms with van der Waals surface area (Å²) in [4.78, 5) is 18.9. The van der Waals surface area contributed by atoms with E-state index in [9.17, 15) is 18.0 Å². The van der Waals surface area contributed by atoms with Crippen LogP contribution in [0.4, 0.5) is 19.0 Å². The largest absolute Gasteiger partial charge is 0.419 e. The van der Waals surface area contributed by atoms with E-state index < -0.39 is 11.7 Å². The SMILES string of the molecule is O=C(C1CCN(c2[nH+]cc(C(F)(F)F)cc2Cl)CC1)N1CCCC1. The number of halogens is 4. The van der Waals surface area contributed by atoms with Gasteiger partial charge in [0, 0.05) is 19.0 Å². The number of nitrogens with one attached hydrogen (secondary N) is 1. The lowest BCUT2D eigenvalue weighted by molar-refractivity contribution is -0.367. The maximum absolute atomic E-state index is 12.7. The molecule has 1 amide bonds. The molecule has 0 atom stereocenters. The molecule has 2 aliphatic rings. The molecule has 0 aromatic carbocycles. The van der Waals surface area contributed by atoms with E-state index in [1.54, 1.807) is 0 Å². The van der Waals surface area contributed by atoms with Crippen LogP contribution in [0.25, 0.3) is 0 Å². The number of hydrogen-bond acceptors (Lipinski definition) is 2. The van der Waals surface area contributed by atoms with Crippen LogP contribution in [0.1, 0.15) is 31.2 Å². The van der Waals surface area contributed by atoms with Crippen LogP contribution in [-0.4, -0.2) is 37.0 Å². The fraction of sp³-hybridized carbons (Fsp3) is 0.625. The topological polar surface area (TPSA) is 37.7 Å². The van der Waals surface area contributed by atoms with Crippen LogP contribution in [-0.2, 0) is 11.0 Å². The highest BCUT2D eigenvalue weighted by atomic mass is 35.5. The predicted molar refractivity (Wildman–Crippen MR) is 83.8 cm³/mol. The molecule has 1 aromatic heterocycles. The van der Waals surface area contributed by atoms with E-state index in [-0.39, 0.29) is 16.8 Å². The van der Waals surface area contributed by atoms with Crippen molar-refractivity contribution in [3.05, 3.63) is 22.8 Å². The lowest BCUT2D eigenvalue weighted by Gasteiger charge is -2.30. The van der Waals surface area contributed by atoms with Crippen molar-refractivity contribution in [3.8, 4) is 0 Å². The summed E-state index contributed by atoms with van der Waals surface area (Å²) in [6.07, 6.45) is 0.0406. The summed E-state index contributed by atoms with van der Waals surface area (Å²) < 4.78 is 38.1. The maximum atomic E-state index is 12.7. The monoisotopic (exact) mass is 362 g/mol. The Labute approximate surface area is 143 Å². The summed E-state index contributed by atoms with van der Waals surface area (Å²) in [6.45, 7) is 2.90. The van der Waals surface area contributed by atoms with Crippen LogP contribution in [0, 0.1) is 5.92 Å². The molecule has 0 saturated carbocycles. The van der Waals surface area contributed by atoms with Gasteiger partial charge in [-0.15, -0.1) is 0 Å². The number of hydrogen-bond donors (Lipinski definition) is 0. The average molecular weight is 363 g/mol. The summed E-state index contributed by atoms with van der Waals surface area (Å²) in [5, 5.41) is 0.0501. The third kappa shape index (κ3) is 3.61. The molecule has 132 valence electrons. The van der Waals surface area contributed by atoms with Crippen LogP contribution in [0.2, 0.25) is 5.02 Å². The minimum Gasteiger partial charge on any atom is -0.342 e.